The SMILES string of the molecule is CCCCC(CC)(Cc1ccn(C(C)C)n1)C(=O)O. The first-order chi connectivity index (χ1) is 8.95. The van der Waals surface area contributed by atoms with Gasteiger partial charge in [0.2, 0.25) is 0 Å². The van der Waals surface area contributed by atoms with E-state index in [1.165, 1.54) is 0 Å². The third kappa shape index (κ3) is 3.82. The largest absolute Gasteiger partial charge is 0.481 e. The van der Waals surface area contributed by atoms with Crippen LogP contribution in [0.4, 0.5) is 0 Å². The third-order valence-electron chi connectivity index (χ3n) is 3.85. The molecule has 1 unspecified atom stereocenters. The van der Waals surface area contributed by atoms with Crippen LogP contribution in [0.2, 0.25) is 0 Å². The van der Waals surface area contributed by atoms with Crippen molar-refractivity contribution in [2.24, 2.45) is 5.41 Å². The second-order valence-electron chi connectivity index (χ2n) is 5.60. The van der Waals surface area contributed by atoms with Crippen molar-refractivity contribution in [3.05, 3.63) is 18.0 Å². The summed E-state index contributed by atoms with van der Waals surface area (Å²) in [6.45, 7) is 8.19. The Morgan fingerprint density at radius 2 is 2.16 bits per heavy atom. The van der Waals surface area contributed by atoms with Gasteiger partial charge in [-0.1, -0.05) is 26.7 Å². The molecule has 0 saturated heterocycles. The minimum absolute atomic E-state index is 0.310. The van der Waals surface area contributed by atoms with Gasteiger partial charge in [0.05, 0.1) is 11.1 Å². The normalized spacial score (nSPS) is 14.6. The number of hydrogen-bond acceptors (Lipinski definition) is 2. The highest BCUT2D eigenvalue weighted by Gasteiger charge is 2.36. The van der Waals surface area contributed by atoms with Gasteiger partial charge in [-0.25, -0.2) is 0 Å². The van der Waals surface area contributed by atoms with Crippen molar-refractivity contribution in [3.8, 4) is 0 Å². The van der Waals surface area contributed by atoms with E-state index in [4.69, 9.17) is 0 Å². The summed E-state index contributed by atoms with van der Waals surface area (Å²) >= 11 is 0. The molecule has 1 atom stereocenters. The average Bonchev–Trinajstić information content (AvgIpc) is 2.82. The highest BCUT2D eigenvalue weighted by molar-refractivity contribution is 5.74. The van der Waals surface area contributed by atoms with Gasteiger partial charge in [-0.05, 0) is 32.8 Å². The molecule has 1 N–H and O–H groups in total. The number of rotatable bonds is 8. The second-order valence-corrected chi connectivity index (χ2v) is 5.60. The van der Waals surface area contributed by atoms with Crippen LogP contribution in [-0.2, 0) is 11.2 Å². The Kier molecular flexibility index (Phi) is 5.58. The van der Waals surface area contributed by atoms with Crippen LogP contribution in [0.15, 0.2) is 12.3 Å². The van der Waals surface area contributed by atoms with Gasteiger partial charge in [0.15, 0.2) is 0 Å². The predicted octanol–water partition coefficient (Wildman–Crippen LogP) is 3.68. The maximum atomic E-state index is 11.7. The van der Waals surface area contributed by atoms with Gasteiger partial charge in [0.25, 0.3) is 0 Å². The van der Waals surface area contributed by atoms with Crippen molar-refractivity contribution in [1.82, 2.24) is 9.78 Å². The van der Waals surface area contributed by atoms with Crippen LogP contribution in [0.1, 0.15) is 65.1 Å². The summed E-state index contributed by atoms with van der Waals surface area (Å²) in [7, 11) is 0. The maximum Gasteiger partial charge on any atom is 0.310 e. The number of carboxylic acids is 1. The smallest absolute Gasteiger partial charge is 0.310 e. The lowest BCUT2D eigenvalue weighted by molar-refractivity contribution is -0.149. The molecule has 0 aliphatic carbocycles. The molecule has 1 aromatic rings. The van der Waals surface area contributed by atoms with E-state index in [9.17, 15) is 9.90 Å². The highest BCUT2D eigenvalue weighted by Crippen LogP contribution is 2.33. The Bertz CT molecular complexity index is 412. The zero-order chi connectivity index (χ0) is 14.5. The van der Waals surface area contributed by atoms with Gasteiger partial charge in [-0.3, -0.25) is 9.48 Å². The van der Waals surface area contributed by atoms with Gasteiger partial charge in [-0.2, -0.15) is 5.10 Å². The fourth-order valence-corrected chi connectivity index (χ4v) is 2.35. The van der Waals surface area contributed by atoms with Crippen LogP contribution >= 0.6 is 0 Å². The minimum Gasteiger partial charge on any atom is -0.481 e. The molecule has 0 aliphatic rings. The fourth-order valence-electron chi connectivity index (χ4n) is 2.35. The number of carboxylic acid groups (broad SMARTS) is 1. The molecule has 0 aliphatic heterocycles. The topological polar surface area (TPSA) is 55.1 Å². The van der Waals surface area contributed by atoms with Crippen molar-refractivity contribution in [2.75, 3.05) is 0 Å². The molecule has 0 fully saturated rings. The lowest BCUT2D eigenvalue weighted by Crippen LogP contribution is -2.33. The van der Waals surface area contributed by atoms with E-state index in [1.807, 2.05) is 23.9 Å². The van der Waals surface area contributed by atoms with Crippen molar-refractivity contribution in [3.63, 3.8) is 0 Å². The predicted molar refractivity (Wildman–Crippen MR) is 76.2 cm³/mol. The highest BCUT2D eigenvalue weighted by atomic mass is 16.4. The lowest BCUT2D eigenvalue weighted by atomic mass is 9.76. The monoisotopic (exact) mass is 266 g/mol. The Balaban J connectivity index is 2.89. The molecule has 0 spiro atoms. The zero-order valence-corrected chi connectivity index (χ0v) is 12.5. The number of carbonyl (C=O) groups is 1. The van der Waals surface area contributed by atoms with Crippen LogP contribution in [0.25, 0.3) is 0 Å². The summed E-state index contributed by atoms with van der Waals surface area (Å²) in [5.74, 6) is -0.692. The minimum atomic E-state index is -0.692. The van der Waals surface area contributed by atoms with E-state index in [1.54, 1.807) is 0 Å². The van der Waals surface area contributed by atoms with E-state index < -0.39 is 11.4 Å². The summed E-state index contributed by atoms with van der Waals surface area (Å²) in [5.41, 5.74) is 0.223. The molecule has 0 saturated carbocycles. The first kappa shape index (κ1) is 15.7. The van der Waals surface area contributed by atoms with Crippen LogP contribution in [0, 0.1) is 5.41 Å². The van der Waals surface area contributed by atoms with Gasteiger partial charge in [-0.15, -0.1) is 0 Å². The molecule has 0 bridgehead atoms. The van der Waals surface area contributed by atoms with E-state index in [0.29, 0.717) is 18.9 Å². The fraction of sp³-hybridized carbons (Fsp3) is 0.733. The standard InChI is InChI=1S/C15H26N2O2/c1-5-7-9-15(6-2,14(18)19)11-13-8-10-17(16-13)12(3)4/h8,10,12H,5-7,9,11H2,1-4H3,(H,18,19). The Hall–Kier alpha value is -1.32. The summed E-state index contributed by atoms with van der Waals surface area (Å²) in [5, 5.41) is 14.1. The first-order valence-corrected chi connectivity index (χ1v) is 7.22. The maximum absolute atomic E-state index is 11.7. The number of nitrogens with zero attached hydrogens (tertiary/aromatic N) is 2. The summed E-state index contributed by atoms with van der Waals surface area (Å²) in [4.78, 5) is 11.7. The van der Waals surface area contributed by atoms with Crippen LogP contribution in [0.3, 0.4) is 0 Å². The molecule has 4 nitrogen and oxygen atoms in total. The van der Waals surface area contributed by atoms with E-state index in [-0.39, 0.29) is 0 Å². The van der Waals surface area contributed by atoms with Gasteiger partial charge in [0.1, 0.15) is 0 Å². The summed E-state index contributed by atoms with van der Waals surface area (Å²) in [6.07, 6.45) is 5.81. The molecule has 0 aromatic carbocycles. The van der Waals surface area contributed by atoms with Crippen LogP contribution < -0.4 is 0 Å². The van der Waals surface area contributed by atoms with Gasteiger partial charge >= 0.3 is 5.97 Å². The molecule has 1 rings (SSSR count). The Morgan fingerprint density at radius 3 is 2.58 bits per heavy atom. The molecule has 0 amide bonds. The number of unbranched alkanes of at least 4 members (excludes halogenated alkanes) is 1. The lowest BCUT2D eigenvalue weighted by Gasteiger charge is -2.27. The second kappa shape index (κ2) is 6.73. The van der Waals surface area contributed by atoms with Crippen molar-refractivity contribution in [1.29, 1.82) is 0 Å². The third-order valence-corrected chi connectivity index (χ3v) is 3.85. The van der Waals surface area contributed by atoms with Gasteiger partial charge in [0, 0.05) is 18.7 Å². The van der Waals surface area contributed by atoms with E-state index in [2.05, 4.69) is 25.9 Å². The zero-order valence-electron chi connectivity index (χ0n) is 12.5. The number of hydrogen-bond donors (Lipinski definition) is 1. The van der Waals surface area contributed by atoms with Crippen molar-refractivity contribution in [2.45, 2.75) is 65.8 Å². The van der Waals surface area contributed by atoms with Crippen molar-refractivity contribution >= 4 is 5.97 Å². The van der Waals surface area contributed by atoms with E-state index in [0.717, 1.165) is 25.0 Å². The average molecular weight is 266 g/mol. The summed E-state index contributed by atoms with van der Waals surface area (Å²) < 4.78 is 1.89. The van der Waals surface area contributed by atoms with Crippen LogP contribution in [0.5, 0.6) is 0 Å². The molecular formula is C15H26N2O2. The molecule has 0 radical (unpaired) electrons. The summed E-state index contributed by atoms with van der Waals surface area (Å²) in [6, 6.07) is 2.25. The number of aliphatic carboxylic acids is 1. The Labute approximate surface area is 115 Å². The number of aromatic nitrogens is 2. The molecule has 1 aromatic heterocycles. The molecule has 4 heteroatoms. The Morgan fingerprint density at radius 1 is 1.47 bits per heavy atom. The quantitative estimate of drug-likeness (QED) is 0.781. The van der Waals surface area contributed by atoms with Gasteiger partial charge < -0.3 is 5.11 Å². The van der Waals surface area contributed by atoms with Crippen molar-refractivity contribution < 1.29 is 9.90 Å². The first-order valence-electron chi connectivity index (χ1n) is 7.22. The molecular weight excluding hydrogens is 240 g/mol. The van der Waals surface area contributed by atoms with Crippen LogP contribution in [-0.4, -0.2) is 20.9 Å². The van der Waals surface area contributed by atoms with E-state index >= 15 is 0 Å². The molecule has 19 heavy (non-hydrogen) atoms. The molecule has 108 valence electrons. The molecule has 1 heterocycles.